The molecule has 3 unspecified atom stereocenters. The van der Waals surface area contributed by atoms with E-state index in [0.717, 1.165) is 13.0 Å². The third kappa shape index (κ3) is 3.03. The zero-order chi connectivity index (χ0) is 14.1. The third-order valence-electron chi connectivity index (χ3n) is 5.67. The summed E-state index contributed by atoms with van der Waals surface area (Å²) in [7, 11) is 0. The van der Waals surface area contributed by atoms with E-state index in [9.17, 15) is 4.79 Å². The van der Waals surface area contributed by atoms with E-state index in [4.69, 9.17) is 0 Å². The average molecular weight is 278 g/mol. The smallest absolute Gasteiger partial charge is 0.223 e. The van der Waals surface area contributed by atoms with E-state index in [0.29, 0.717) is 35.9 Å². The first kappa shape index (κ1) is 14.4. The van der Waals surface area contributed by atoms with E-state index < -0.39 is 0 Å². The summed E-state index contributed by atoms with van der Waals surface area (Å²) in [6.45, 7) is 5.53. The summed E-state index contributed by atoms with van der Waals surface area (Å²) in [5.41, 5.74) is 0. The molecule has 0 aromatic carbocycles. The molecule has 3 aliphatic heterocycles. The second kappa shape index (κ2) is 6.05. The summed E-state index contributed by atoms with van der Waals surface area (Å²) < 4.78 is 0. The molecule has 3 heteroatoms. The summed E-state index contributed by atoms with van der Waals surface area (Å²) in [6, 6.07) is 1.90. The highest BCUT2D eigenvalue weighted by Gasteiger charge is 2.36. The number of nitrogens with zero attached hydrogens (tertiary/aromatic N) is 1. The van der Waals surface area contributed by atoms with Gasteiger partial charge in [0.25, 0.3) is 0 Å². The lowest BCUT2D eigenvalue weighted by Gasteiger charge is -2.39. The number of fused-ring (bicyclic) bond motifs is 2. The van der Waals surface area contributed by atoms with Crippen LogP contribution in [0, 0.1) is 11.8 Å². The van der Waals surface area contributed by atoms with E-state index in [2.05, 4.69) is 24.1 Å². The molecular weight excluding hydrogens is 248 g/mol. The highest BCUT2D eigenvalue weighted by atomic mass is 16.2. The van der Waals surface area contributed by atoms with Crippen LogP contribution >= 0.6 is 0 Å². The number of rotatable bonds is 3. The first-order chi connectivity index (χ1) is 9.63. The monoisotopic (exact) mass is 278 g/mol. The molecule has 3 saturated heterocycles. The predicted octanol–water partition coefficient (Wildman–Crippen LogP) is 2.94. The number of likely N-dealkylation sites (tertiary alicyclic amines) is 1. The van der Waals surface area contributed by atoms with Gasteiger partial charge in [-0.15, -0.1) is 0 Å². The minimum absolute atomic E-state index is 0.440. The quantitative estimate of drug-likeness (QED) is 0.861. The molecule has 3 heterocycles. The fourth-order valence-electron chi connectivity index (χ4n) is 4.67. The molecule has 3 aliphatic rings. The standard InChI is InChI=1S/C17H30N2O/c1-12(2)16-5-3-4-8-19(16)17(20)11-13-9-14-6-7-15(10-13)18-14/h12-16,18H,3-11H2,1-2H3. The van der Waals surface area contributed by atoms with Crippen molar-refractivity contribution in [1.29, 1.82) is 0 Å². The molecular formula is C17H30N2O. The summed E-state index contributed by atoms with van der Waals surface area (Å²) in [5.74, 6) is 1.68. The SMILES string of the molecule is CC(C)C1CCCCN1C(=O)CC1CC2CCC(C1)N2. The van der Waals surface area contributed by atoms with Gasteiger partial charge in [0, 0.05) is 31.1 Å². The molecule has 1 N–H and O–H groups in total. The van der Waals surface area contributed by atoms with Gasteiger partial charge in [-0.05, 0) is 56.8 Å². The zero-order valence-electron chi connectivity index (χ0n) is 13.1. The van der Waals surface area contributed by atoms with Gasteiger partial charge in [-0.2, -0.15) is 0 Å². The molecule has 3 fully saturated rings. The molecule has 1 amide bonds. The number of carbonyl (C=O) groups is 1. The van der Waals surface area contributed by atoms with Crippen LogP contribution < -0.4 is 5.32 Å². The van der Waals surface area contributed by atoms with Gasteiger partial charge in [0.1, 0.15) is 0 Å². The highest BCUT2D eigenvalue weighted by molar-refractivity contribution is 5.77. The molecule has 0 aliphatic carbocycles. The van der Waals surface area contributed by atoms with Crippen molar-refractivity contribution in [2.75, 3.05) is 6.54 Å². The van der Waals surface area contributed by atoms with Gasteiger partial charge < -0.3 is 10.2 Å². The number of hydrogen-bond donors (Lipinski definition) is 1. The lowest BCUT2D eigenvalue weighted by atomic mass is 9.87. The Bertz CT molecular complexity index is 343. The van der Waals surface area contributed by atoms with Crippen molar-refractivity contribution >= 4 is 5.91 Å². The Hall–Kier alpha value is -0.570. The van der Waals surface area contributed by atoms with Gasteiger partial charge >= 0.3 is 0 Å². The Morgan fingerprint density at radius 2 is 1.85 bits per heavy atom. The van der Waals surface area contributed by atoms with Crippen molar-refractivity contribution in [3.63, 3.8) is 0 Å². The van der Waals surface area contributed by atoms with Gasteiger partial charge in [-0.25, -0.2) is 0 Å². The number of hydrogen-bond acceptors (Lipinski definition) is 2. The van der Waals surface area contributed by atoms with Crippen LogP contribution in [0.1, 0.15) is 65.2 Å². The summed E-state index contributed by atoms with van der Waals surface area (Å²) >= 11 is 0. The highest BCUT2D eigenvalue weighted by Crippen LogP contribution is 2.34. The van der Waals surface area contributed by atoms with Crippen molar-refractivity contribution in [3.8, 4) is 0 Å². The van der Waals surface area contributed by atoms with Crippen LogP contribution in [0.3, 0.4) is 0 Å². The van der Waals surface area contributed by atoms with Gasteiger partial charge in [0.15, 0.2) is 0 Å². The van der Waals surface area contributed by atoms with E-state index in [-0.39, 0.29) is 0 Å². The fourth-order valence-corrected chi connectivity index (χ4v) is 4.67. The number of amides is 1. The minimum Gasteiger partial charge on any atom is -0.339 e. The Labute approximate surface area is 123 Å². The molecule has 0 saturated carbocycles. The van der Waals surface area contributed by atoms with Gasteiger partial charge in [0.2, 0.25) is 5.91 Å². The molecule has 3 atom stereocenters. The first-order valence-corrected chi connectivity index (χ1v) is 8.69. The van der Waals surface area contributed by atoms with Crippen LogP contribution in [0.2, 0.25) is 0 Å². The molecule has 114 valence electrons. The Morgan fingerprint density at radius 1 is 1.15 bits per heavy atom. The maximum Gasteiger partial charge on any atom is 0.223 e. The molecule has 2 bridgehead atoms. The van der Waals surface area contributed by atoms with E-state index >= 15 is 0 Å². The topological polar surface area (TPSA) is 32.3 Å². The van der Waals surface area contributed by atoms with Crippen LogP contribution in [-0.2, 0) is 4.79 Å². The second-order valence-electron chi connectivity index (χ2n) is 7.57. The summed E-state index contributed by atoms with van der Waals surface area (Å²) in [4.78, 5) is 14.9. The number of carbonyl (C=O) groups excluding carboxylic acids is 1. The molecule has 3 rings (SSSR count). The molecule has 0 aromatic rings. The van der Waals surface area contributed by atoms with Crippen molar-refractivity contribution in [2.24, 2.45) is 11.8 Å². The van der Waals surface area contributed by atoms with Gasteiger partial charge in [-0.3, -0.25) is 4.79 Å². The van der Waals surface area contributed by atoms with Crippen molar-refractivity contribution in [1.82, 2.24) is 10.2 Å². The summed E-state index contributed by atoms with van der Waals surface area (Å²) in [5, 5.41) is 3.68. The average Bonchev–Trinajstić information content (AvgIpc) is 2.78. The first-order valence-electron chi connectivity index (χ1n) is 8.69. The molecule has 0 aromatic heterocycles. The van der Waals surface area contributed by atoms with Crippen molar-refractivity contribution < 1.29 is 4.79 Å². The lowest BCUT2D eigenvalue weighted by molar-refractivity contribution is -0.137. The normalized spacial score (nSPS) is 37.5. The Balaban J connectivity index is 1.57. The predicted molar refractivity (Wildman–Crippen MR) is 81.5 cm³/mol. The number of piperidine rings is 2. The van der Waals surface area contributed by atoms with E-state index in [1.807, 2.05) is 0 Å². The maximum absolute atomic E-state index is 12.7. The third-order valence-corrected chi connectivity index (χ3v) is 5.67. The van der Waals surface area contributed by atoms with Crippen molar-refractivity contribution in [2.45, 2.75) is 83.3 Å². The van der Waals surface area contributed by atoms with Gasteiger partial charge in [0.05, 0.1) is 0 Å². The lowest BCUT2D eigenvalue weighted by Crippen LogP contribution is -2.47. The molecule has 0 spiro atoms. The van der Waals surface area contributed by atoms with Crippen LogP contribution in [0.4, 0.5) is 0 Å². The van der Waals surface area contributed by atoms with Crippen LogP contribution in [0.5, 0.6) is 0 Å². The molecule has 3 nitrogen and oxygen atoms in total. The zero-order valence-corrected chi connectivity index (χ0v) is 13.1. The Morgan fingerprint density at radius 3 is 2.50 bits per heavy atom. The fraction of sp³-hybridized carbons (Fsp3) is 0.941. The van der Waals surface area contributed by atoms with Crippen LogP contribution in [-0.4, -0.2) is 35.5 Å². The maximum atomic E-state index is 12.7. The van der Waals surface area contributed by atoms with Crippen LogP contribution in [0.25, 0.3) is 0 Å². The van der Waals surface area contributed by atoms with Crippen LogP contribution in [0.15, 0.2) is 0 Å². The number of nitrogens with one attached hydrogen (secondary N) is 1. The van der Waals surface area contributed by atoms with Crippen molar-refractivity contribution in [3.05, 3.63) is 0 Å². The second-order valence-corrected chi connectivity index (χ2v) is 7.57. The molecule has 0 radical (unpaired) electrons. The van der Waals surface area contributed by atoms with E-state index in [1.54, 1.807) is 0 Å². The minimum atomic E-state index is 0.440. The largest absolute Gasteiger partial charge is 0.339 e. The summed E-state index contributed by atoms with van der Waals surface area (Å²) in [6.07, 6.45) is 9.61. The van der Waals surface area contributed by atoms with Gasteiger partial charge in [-0.1, -0.05) is 13.8 Å². The van der Waals surface area contributed by atoms with E-state index in [1.165, 1.54) is 44.9 Å². The Kier molecular flexibility index (Phi) is 4.34. The molecule has 20 heavy (non-hydrogen) atoms.